The highest BCUT2D eigenvalue weighted by Gasteiger charge is 2.07. The van der Waals surface area contributed by atoms with Gasteiger partial charge >= 0.3 is 0 Å². The van der Waals surface area contributed by atoms with E-state index in [2.05, 4.69) is 25.8 Å². The fourth-order valence-corrected chi connectivity index (χ4v) is 2.34. The molecule has 19 heavy (non-hydrogen) atoms. The van der Waals surface area contributed by atoms with Crippen LogP contribution >= 0.6 is 15.9 Å². The first-order valence-corrected chi connectivity index (χ1v) is 6.99. The molecule has 100 valence electrons. The molecule has 1 aromatic carbocycles. The lowest BCUT2D eigenvalue weighted by Crippen LogP contribution is -2.21. The number of likely N-dealkylation sites (N-methyl/N-ethyl adjacent to an activating group) is 1. The fourth-order valence-electron chi connectivity index (χ4n) is 1.99. The first-order valence-electron chi connectivity index (χ1n) is 6.20. The Hall–Kier alpha value is -1.39. The number of anilines is 1. The van der Waals surface area contributed by atoms with Crippen LogP contribution < -0.4 is 4.90 Å². The lowest BCUT2D eigenvalue weighted by Gasteiger charge is -2.22. The van der Waals surface area contributed by atoms with Gasteiger partial charge in [0.15, 0.2) is 0 Å². The average molecular weight is 321 g/mol. The maximum absolute atomic E-state index is 9.39. The zero-order chi connectivity index (χ0) is 13.7. The molecule has 0 bridgehead atoms. The Morgan fingerprint density at radius 1 is 1.21 bits per heavy atom. The van der Waals surface area contributed by atoms with Crippen LogP contribution in [-0.4, -0.2) is 23.7 Å². The molecule has 0 amide bonds. The molecule has 0 spiro atoms. The van der Waals surface area contributed by atoms with E-state index in [-0.39, 0.29) is 6.61 Å². The Morgan fingerprint density at radius 3 is 2.63 bits per heavy atom. The van der Waals surface area contributed by atoms with Crippen molar-refractivity contribution >= 4 is 21.6 Å². The molecule has 1 aromatic heterocycles. The second-order valence-electron chi connectivity index (χ2n) is 4.46. The zero-order valence-corrected chi connectivity index (χ0v) is 12.5. The Balaban J connectivity index is 2.07. The molecular weight excluding hydrogens is 304 g/mol. The smallest absolute Gasteiger partial charge is 0.0702 e. The molecule has 0 unspecified atom stereocenters. The largest absolute Gasteiger partial charge is 0.392 e. The highest BCUT2D eigenvalue weighted by Crippen LogP contribution is 2.24. The second-order valence-corrected chi connectivity index (χ2v) is 5.37. The van der Waals surface area contributed by atoms with Gasteiger partial charge in [-0.25, -0.2) is 0 Å². The van der Waals surface area contributed by atoms with Gasteiger partial charge in [-0.15, -0.1) is 0 Å². The van der Waals surface area contributed by atoms with Crippen LogP contribution in [-0.2, 0) is 13.0 Å². The number of aliphatic hydroxyl groups excluding tert-OH is 1. The SMILES string of the molecule is CN(CCc1ccncc1)c1cc(Br)ccc1CO. The number of rotatable bonds is 5. The van der Waals surface area contributed by atoms with E-state index >= 15 is 0 Å². The quantitative estimate of drug-likeness (QED) is 0.920. The molecule has 0 aliphatic carbocycles. The number of halogens is 1. The zero-order valence-electron chi connectivity index (χ0n) is 10.9. The molecule has 1 N–H and O–H groups in total. The Kier molecular flexibility index (Phi) is 4.93. The van der Waals surface area contributed by atoms with Gasteiger partial charge in [-0.3, -0.25) is 4.98 Å². The van der Waals surface area contributed by atoms with Gasteiger partial charge in [0, 0.05) is 41.7 Å². The summed E-state index contributed by atoms with van der Waals surface area (Å²) in [4.78, 5) is 6.18. The molecule has 3 nitrogen and oxygen atoms in total. The lowest BCUT2D eigenvalue weighted by molar-refractivity contribution is 0.282. The maximum atomic E-state index is 9.39. The van der Waals surface area contributed by atoms with Gasteiger partial charge in [0.1, 0.15) is 0 Å². The molecular formula is C15H17BrN2O. The van der Waals surface area contributed by atoms with Crippen molar-refractivity contribution < 1.29 is 5.11 Å². The van der Waals surface area contributed by atoms with Gasteiger partial charge < -0.3 is 10.0 Å². The summed E-state index contributed by atoms with van der Waals surface area (Å²) in [5.41, 5.74) is 3.27. The van der Waals surface area contributed by atoms with E-state index < -0.39 is 0 Å². The number of nitrogens with zero attached hydrogens (tertiary/aromatic N) is 2. The molecule has 0 radical (unpaired) electrons. The van der Waals surface area contributed by atoms with Crippen molar-refractivity contribution in [1.82, 2.24) is 4.98 Å². The second kappa shape index (κ2) is 6.68. The van der Waals surface area contributed by atoms with Crippen molar-refractivity contribution in [3.8, 4) is 0 Å². The van der Waals surface area contributed by atoms with Crippen molar-refractivity contribution in [2.24, 2.45) is 0 Å². The number of hydrogen-bond acceptors (Lipinski definition) is 3. The van der Waals surface area contributed by atoms with E-state index in [1.807, 2.05) is 49.8 Å². The van der Waals surface area contributed by atoms with Crippen LogP contribution in [0.25, 0.3) is 0 Å². The molecule has 2 aromatic rings. The third kappa shape index (κ3) is 3.78. The van der Waals surface area contributed by atoms with E-state index in [4.69, 9.17) is 0 Å². The third-order valence-electron chi connectivity index (χ3n) is 3.11. The van der Waals surface area contributed by atoms with Crippen LogP contribution in [0.3, 0.4) is 0 Å². The molecule has 0 aliphatic heterocycles. The molecule has 1 heterocycles. The molecule has 0 aliphatic rings. The van der Waals surface area contributed by atoms with E-state index in [1.54, 1.807) is 0 Å². The fraction of sp³-hybridized carbons (Fsp3) is 0.267. The van der Waals surface area contributed by atoms with E-state index in [9.17, 15) is 5.11 Å². The first-order chi connectivity index (χ1) is 9.20. The predicted octanol–water partition coefficient (Wildman–Crippen LogP) is 3.02. The summed E-state index contributed by atoms with van der Waals surface area (Å²) in [6.45, 7) is 0.954. The van der Waals surface area contributed by atoms with Gasteiger partial charge in [-0.1, -0.05) is 22.0 Å². The lowest BCUT2D eigenvalue weighted by atomic mass is 10.1. The molecule has 2 rings (SSSR count). The molecule has 0 atom stereocenters. The average Bonchev–Trinajstić information content (AvgIpc) is 2.46. The summed E-state index contributed by atoms with van der Waals surface area (Å²) in [5.74, 6) is 0. The van der Waals surface area contributed by atoms with Gasteiger partial charge in [-0.05, 0) is 36.2 Å². The number of benzene rings is 1. The summed E-state index contributed by atoms with van der Waals surface area (Å²) in [6.07, 6.45) is 4.58. The maximum Gasteiger partial charge on any atom is 0.0702 e. The number of aromatic nitrogens is 1. The van der Waals surface area contributed by atoms with Crippen LogP contribution in [0.15, 0.2) is 47.2 Å². The van der Waals surface area contributed by atoms with Crippen LogP contribution in [0.2, 0.25) is 0 Å². The van der Waals surface area contributed by atoms with Gasteiger partial charge in [-0.2, -0.15) is 0 Å². The molecule has 0 saturated carbocycles. The molecule has 0 fully saturated rings. The summed E-state index contributed by atoms with van der Waals surface area (Å²) in [7, 11) is 2.04. The third-order valence-corrected chi connectivity index (χ3v) is 3.61. The van der Waals surface area contributed by atoms with Crippen molar-refractivity contribution in [3.63, 3.8) is 0 Å². The summed E-state index contributed by atoms with van der Waals surface area (Å²) in [5, 5.41) is 9.39. The van der Waals surface area contributed by atoms with Crippen molar-refractivity contribution in [3.05, 3.63) is 58.3 Å². The standard InChI is InChI=1S/C15H17BrN2O/c1-18(9-6-12-4-7-17-8-5-12)15-10-14(16)3-2-13(15)11-19/h2-5,7-8,10,19H,6,9,11H2,1H3. The Labute approximate surface area is 122 Å². The monoisotopic (exact) mass is 320 g/mol. The Morgan fingerprint density at radius 2 is 1.95 bits per heavy atom. The van der Waals surface area contributed by atoms with E-state index in [0.29, 0.717) is 0 Å². The highest BCUT2D eigenvalue weighted by atomic mass is 79.9. The normalized spacial score (nSPS) is 10.5. The van der Waals surface area contributed by atoms with Crippen LogP contribution in [0, 0.1) is 0 Å². The van der Waals surface area contributed by atoms with E-state index in [0.717, 1.165) is 28.7 Å². The van der Waals surface area contributed by atoms with Gasteiger partial charge in [0.05, 0.1) is 6.61 Å². The first kappa shape index (κ1) is 14.0. The predicted molar refractivity (Wildman–Crippen MR) is 81.3 cm³/mol. The molecule has 4 heteroatoms. The number of aliphatic hydroxyl groups is 1. The Bertz CT molecular complexity index is 531. The summed E-state index contributed by atoms with van der Waals surface area (Å²) in [6, 6.07) is 10.00. The van der Waals surface area contributed by atoms with Crippen LogP contribution in [0.4, 0.5) is 5.69 Å². The summed E-state index contributed by atoms with van der Waals surface area (Å²) >= 11 is 3.47. The number of hydrogen-bond donors (Lipinski definition) is 1. The minimum absolute atomic E-state index is 0.0577. The van der Waals surface area contributed by atoms with E-state index in [1.165, 1.54) is 5.56 Å². The topological polar surface area (TPSA) is 36.4 Å². The minimum atomic E-state index is 0.0577. The van der Waals surface area contributed by atoms with Crippen molar-refractivity contribution in [2.75, 3.05) is 18.5 Å². The molecule has 0 saturated heterocycles. The van der Waals surface area contributed by atoms with Crippen molar-refractivity contribution in [2.45, 2.75) is 13.0 Å². The number of pyridine rings is 1. The van der Waals surface area contributed by atoms with Crippen molar-refractivity contribution in [1.29, 1.82) is 0 Å². The van der Waals surface area contributed by atoms with Crippen LogP contribution in [0.1, 0.15) is 11.1 Å². The van der Waals surface area contributed by atoms with Gasteiger partial charge in [0.25, 0.3) is 0 Å². The van der Waals surface area contributed by atoms with Crippen LogP contribution in [0.5, 0.6) is 0 Å². The highest BCUT2D eigenvalue weighted by molar-refractivity contribution is 9.10. The minimum Gasteiger partial charge on any atom is -0.392 e. The van der Waals surface area contributed by atoms with Gasteiger partial charge in [0.2, 0.25) is 0 Å². The summed E-state index contributed by atoms with van der Waals surface area (Å²) < 4.78 is 1.02.